The van der Waals surface area contributed by atoms with Crippen LogP contribution in [-0.2, 0) is 6.42 Å². The Kier molecular flexibility index (Phi) is 7.36. The molecule has 3 N–H and O–H groups in total. The summed E-state index contributed by atoms with van der Waals surface area (Å²) < 4.78 is 1.11. The van der Waals surface area contributed by atoms with Gasteiger partial charge >= 0.3 is 0 Å². The van der Waals surface area contributed by atoms with Crippen LogP contribution in [0.4, 0.5) is 5.69 Å². The molecule has 1 saturated heterocycles. The van der Waals surface area contributed by atoms with E-state index >= 15 is 0 Å². The predicted molar refractivity (Wildman–Crippen MR) is 174 cm³/mol. The highest BCUT2D eigenvalue weighted by atomic mass is 32.1. The molecule has 8 nitrogen and oxygen atoms in total. The first kappa shape index (κ1) is 27.3. The zero-order valence-corrected chi connectivity index (χ0v) is 24.7. The summed E-state index contributed by atoms with van der Waals surface area (Å²) in [6.07, 6.45) is 0.996. The monoisotopic (exact) mass is 588 g/mol. The van der Waals surface area contributed by atoms with Crippen LogP contribution in [0.2, 0.25) is 0 Å². The van der Waals surface area contributed by atoms with Crippen LogP contribution in [0.25, 0.3) is 43.2 Å². The zero-order valence-electron chi connectivity index (χ0n) is 23.9. The molecule has 6 aromatic rings. The molecule has 0 radical (unpaired) electrons. The second kappa shape index (κ2) is 11.6. The first-order valence-corrected chi connectivity index (χ1v) is 15.3. The summed E-state index contributed by atoms with van der Waals surface area (Å²) in [5.74, 6) is 0.456. The molecule has 3 heterocycles. The van der Waals surface area contributed by atoms with Crippen LogP contribution in [0.3, 0.4) is 0 Å². The number of piperazine rings is 1. The molecule has 216 valence electrons. The summed E-state index contributed by atoms with van der Waals surface area (Å²) in [6.45, 7) is 5.53. The van der Waals surface area contributed by atoms with Gasteiger partial charge < -0.3 is 25.2 Å². The minimum absolute atomic E-state index is 0.119. The normalized spacial score (nSPS) is 14.4. The fourth-order valence-electron chi connectivity index (χ4n) is 5.45. The Bertz CT molecular complexity index is 1890. The van der Waals surface area contributed by atoms with Gasteiger partial charge in [-0.1, -0.05) is 24.3 Å². The van der Waals surface area contributed by atoms with Crippen molar-refractivity contribution in [2.45, 2.75) is 6.42 Å². The molecule has 7 rings (SSSR count). The number of carbonyl (C=O) groups is 1. The van der Waals surface area contributed by atoms with Crippen LogP contribution in [0.5, 0.6) is 5.75 Å². The third kappa shape index (κ3) is 5.87. The van der Waals surface area contributed by atoms with E-state index in [1.54, 1.807) is 29.5 Å². The molecule has 43 heavy (non-hydrogen) atoms. The van der Waals surface area contributed by atoms with Gasteiger partial charge in [-0.15, -0.1) is 11.3 Å². The second-order valence-corrected chi connectivity index (χ2v) is 12.1. The number of hydrogen-bond donors (Lipinski definition) is 3. The number of nitrogens with zero attached hydrogens (tertiary/aromatic N) is 4. The number of phenols is 1. The van der Waals surface area contributed by atoms with E-state index in [1.807, 2.05) is 48.5 Å². The number of rotatable bonds is 7. The highest BCUT2D eigenvalue weighted by Gasteiger charge is 2.16. The average Bonchev–Trinajstić information content (AvgIpc) is 3.66. The number of thiazole rings is 1. The van der Waals surface area contributed by atoms with Gasteiger partial charge in [0, 0.05) is 49.5 Å². The second-order valence-electron chi connectivity index (χ2n) is 11.1. The molecule has 4 aromatic carbocycles. The lowest BCUT2D eigenvalue weighted by Crippen LogP contribution is -2.45. The first-order chi connectivity index (χ1) is 21.0. The minimum Gasteiger partial charge on any atom is -0.507 e. The van der Waals surface area contributed by atoms with Crippen LogP contribution < -0.4 is 5.32 Å². The maximum Gasteiger partial charge on any atom is 0.255 e. The summed E-state index contributed by atoms with van der Waals surface area (Å²) in [5.41, 5.74) is 6.39. The van der Waals surface area contributed by atoms with Crippen molar-refractivity contribution in [1.82, 2.24) is 24.8 Å². The van der Waals surface area contributed by atoms with Gasteiger partial charge in [-0.25, -0.2) is 9.97 Å². The Balaban J connectivity index is 1.05. The van der Waals surface area contributed by atoms with Crippen LogP contribution in [0, 0.1) is 0 Å². The molecule has 0 bridgehead atoms. The molecule has 1 amide bonds. The van der Waals surface area contributed by atoms with Crippen LogP contribution in [0.15, 0.2) is 84.9 Å². The Hall–Kier alpha value is -4.57. The van der Waals surface area contributed by atoms with Gasteiger partial charge in [0.1, 0.15) is 16.6 Å². The number of likely N-dealkylation sites (N-methyl/N-ethyl adjacent to an activating group) is 1. The average molecular weight is 589 g/mol. The Morgan fingerprint density at radius 3 is 2.56 bits per heavy atom. The lowest BCUT2D eigenvalue weighted by molar-refractivity contribution is 0.102. The van der Waals surface area contributed by atoms with Gasteiger partial charge in [0.05, 0.1) is 26.8 Å². The predicted octanol–water partition coefficient (Wildman–Crippen LogP) is 6.25. The number of nitrogens with one attached hydrogen (secondary N) is 2. The standard InChI is InChI=1S/C34H32N6O2S/c1-39-16-18-40(19-17-39)15-14-22-6-10-25(11-7-22)35-33(42)23-8-12-27-29(21-23)37-32(36-27)26-20-24(9-13-30(26)41)34-38-28-4-2-3-5-31(28)43-34/h2-13,20-21,41H,14-19H2,1H3,(H,35,42)(H,36,37). The number of benzene rings is 4. The first-order valence-electron chi connectivity index (χ1n) is 14.5. The molecule has 0 aliphatic carbocycles. The molecular formula is C34H32N6O2S. The molecule has 9 heteroatoms. The molecule has 0 saturated carbocycles. The van der Waals surface area contributed by atoms with Crippen molar-refractivity contribution in [2.24, 2.45) is 0 Å². The molecule has 0 atom stereocenters. The molecule has 1 fully saturated rings. The summed E-state index contributed by atoms with van der Waals surface area (Å²) in [7, 11) is 2.17. The molecule has 0 unspecified atom stereocenters. The van der Waals surface area contributed by atoms with Crippen molar-refractivity contribution >= 4 is 44.2 Å². The molecule has 2 aromatic heterocycles. The summed E-state index contributed by atoms with van der Waals surface area (Å²) >= 11 is 1.61. The van der Waals surface area contributed by atoms with E-state index in [2.05, 4.69) is 45.3 Å². The summed E-state index contributed by atoms with van der Waals surface area (Å²) in [5, 5.41) is 14.6. The van der Waals surface area contributed by atoms with E-state index in [-0.39, 0.29) is 11.7 Å². The smallest absolute Gasteiger partial charge is 0.255 e. The maximum absolute atomic E-state index is 13.1. The van der Waals surface area contributed by atoms with Gasteiger partial charge in [-0.05, 0) is 79.7 Å². The number of phenolic OH excluding ortho intramolecular Hbond substituents is 1. The zero-order chi connectivity index (χ0) is 29.3. The van der Waals surface area contributed by atoms with Gasteiger partial charge in [0.15, 0.2) is 0 Å². The lowest BCUT2D eigenvalue weighted by Gasteiger charge is -2.32. The van der Waals surface area contributed by atoms with Gasteiger partial charge in [-0.3, -0.25) is 4.79 Å². The van der Waals surface area contributed by atoms with Gasteiger partial charge in [0.25, 0.3) is 5.91 Å². The van der Waals surface area contributed by atoms with Crippen molar-refractivity contribution in [1.29, 1.82) is 0 Å². The molecule has 0 spiro atoms. The minimum atomic E-state index is -0.191. The highest BCUT2D eigenvalue weighted by molar-refractivity contribution is 7.21. The van der Waals surface area contributed by atoms with Crippen molar-refractivity contribution in [3.05, 3.63) is 96.1 Å². The topological polar surface area (TPSA) is 97.4 Å². The Morgan fingerprint density at radius 1 is 0.930 bits per heavy atom. The number of amides is 1. The Morgan fingerprint density at radius 2 is 1.74 bits per heavy atom. The SMILES string of the molecule is CN1CCN(CCc2ccc(NC(=O)c3ccc4nc(-c5cc(-c6nc7ccccc7s6)ccc5O)[nH]c4c3)cc2)CC1. The number of aromatic nitrogens is 3. The number of aromatic amines is 1. The molecule has 1 aliphatic rings. The summed E-state index contributed by atoms with van der Waals surface area (Å²) in [6, 6.07) is 26.9. The van der Waals surface area contributed by atoms with Crippen molar-refractivity contribution < 1.29 is 9.90 Å². The number of carbonyl (C=O) groups excluding carboxylic acids is 1. The number of anilines is 1. The van der Waals surface area contributed by atoms with E-state index in [4.69, 9.17) is 9.97 Å². The molecule has 1 aliphatic heterocycles. The van der Waals surface area contributed by atoms with Gasteiger partial charge in [0.2, 0.25) is 0 Å². The largest absolute Gasteiger partial charge is 0.507 e. The Labute approximate surface area is 253 Å². The van der Waals surface area contributed by atoms with Crippen LogP contribution in [-0.4, -0.2) is 75.5 Å². The van der Waals surface area contributed by atoms with E-state index < -0.39 is 0 Å². The fourth-order valence-corrected chi connectivity index (χ4v) is 6.41. The number of H-pyrrole nitrogens is 1. The fraction of sp³-hybridized carbons (Fsp3) is 0.206. The number of para-hydroxylation sites is 1. The van der Waals surface area contributed by atoms with E-state index in [0.717, 1.165) is 65.6 Å². The van der Waals surface area contributed by atoms with Gasteiger partial charge in [-0.2, -0.15) is 0 Å². The number of aromatic hydroxyl groups is 1. The number of imidazole rings is 1. The lowest BCUT2D eigenvalue weighted by atomic mass is 10.1. The third-order valence-corrected chi connectivity index (χ3v) is 9.15. The number of hydrogen-bond acceptors (Lipinski definition) is 7. The van der Waals surface area contributed by atoms with E-state index in [1.165, 1.54) is 5.56 Å². The van der Waals surface area contributed by atoms with Crippen molar-refractivity contribution in [3.8, 4) is 27.7 Å². The van der Waals surface area contributed by atoms with Crippen LogP contribution in [0.1, 0.15) is 15.9 Å². The van der Waals surface area contributed by atoms with Crippen molar-refractivity contribution in [3.63, 3.8) is 0 Å². The maximum atomic E-state index is 13.1. The van der Waals surface area contributed by atoms with Crippen molar-refractivity contribution in [2.75, 3.05) is 45.1 Å². The molecular weight excluding hydrogens is 556 g/mol. The van der Waals surface area contributed by atoms with Crippen LogP contribution >= 0.6 is 11.3 Å². The quantitative estimate of drug-likeness (QED) is 0.204. The van der Waals surface area contributed by atoms with E-state index in [9.17, 15) is 9.90 Å². The number of fused-ring (bicyclic) bond motifs is 2. The van der Waals surface area contributed by atoms with E-state index in [0.29, 0.717) is 28.0 Å². The highest BCUT2D eigenvalue weighted by Crippen LogP contribution is 2.36. The summed E-state index contributed by atoms with van der Waals surface area (Å²) in [4.78, 5) is 30.7. The third-order valence-electron chi connectivity index (χ3n) is 8.06.